The van der Waals surface area contributed by atoms with Gasteiger partial charge in [0.25, 0.3) is 0 Å². The van der Waals surface area contributed by atoms with Gasteiger partial charge in [0, 0.05) is 0 Å². The Labute approximate surface area is 183 Å². The van der Waals surface area contributed by atoms with Crippen molar-refractivity contribution >= 4 is 0 Å². The lowest BCUT2D eigenvalue weighted by atomic mass is 9.93. The zero-order valence-corrected chi connectivity index (χ0v) is 16.4. The van der Waals surface area contributed by atoms with Crippen molar-refractivity contribution in [2.45, 2.75) is 42.2 Å². The molecule has 0 aliphatic carbocycles. The quantitative estimate of drug-likeness (QED) is 0.309. The molecule has 0 aromatic heterocycles. The molecular formula is C20H13F13O. The summed E-state index contributed by atoms with van der Waals surface area (Å²) >= 11 is 0. The first-order chi connectivity index (χ1) is 15.3. The minimum Gasteiger partial charge on any atom is -0.493 e. The van der Waals surface area contributed by atoms with Crippen molar-refractivity contribution in [2.75, 3.05) is 6.61 Å². The van der Waals surface area contributed by atoms with Gasteiger partial charge >= 0.3 is 35.8 Å². The van der Waals surface area contributed by atoms with Gasteiger partial charge in [-0.3, -0.25) is 0 Å². The Kier molecular flexibility index (Phi) is 7.17. The van der Waals surface area contributed by atoms with Gasteiger partial charge in [-0.25, -0.2) is 0 Å². The third kappa shape index (κ3) is 4.63. The van der Waals surface area contributed by atoms with Crippen LogP contribution in [-0.2, 0) is 0 Å². The molecule has 2 aromatic carbocycles. The average molecular weight is 516 g/mol. The molecule has 0 fully saturated rings. The SMILES string of the molecule is FC(F)(F)C(F)(F)C(F)(F)C(F)(F)C(F)(F)C(F)(F)CCOc1ccc(-c2ccccc2)cc1. The summed E-state index contributed by atoms with van der Waals surface area (Å²) in [5.74, 6) is -37.1. The van der Waals surface area contributed by atoms with Crippen molar-refractivity contribution in [1.82, 2.24) is 0 Å². The lowest BCUT2D eigenvalue weighted by Crippen LogP contribution is -2.70. The van der Waals surface area contributed by atoms with E-state index < -0.39 is 48.8 Å². The van der Waals surface area contributed by atoms with Gasteiger partial charge in [-0.1, -0.05) is 42.5 Å². The monoisotopic (exact) mass is 516 g/mol. The highest BCUT2D eigenvalue weighted by atomic mass is 19.4. The van der Waals surface area contributed by atoms with E-state index in [9.17, 15) is 57.1 Å². The second-order valence-corrected chi connectivity index (χ2v) is 6.99. The van der Waals surface area contributed by atoms with E-state index in [1.165, 1.54) is 24.3 Å². The van der Waals surface area contributed by atoms with Crippen LogP contribution in [0.25, 0.3) is 11.1 Å². The minimum absolute atomic E-state index is 0.237. The van der Waals surface area contributed by atoms with Gasteiger partial charge in [-0.15, -0.1) is 0 Å². The fraction of sp³-hybridized carbons (Fsp3) is 0.400. The van der Waals surface area contributed by atoms with Crippen LogP contribution in [-0.4, -0.2) is 42.4 Å². The third-order valence-corrected chi connectivity index (χ3v) is 4.64. The molecule has 0 unspecified atom stereocenters. The molecule has 0 heterocycles. The molecule has 2 aromatic rings. The van der Waals surface area contributed by atoms with Crippen LogP contribution in [0.15, 0.2) is 54.6 Å². The fourth-order valence-electron chi connectivity index (χ4n) is 2.63. The number of rotatable bonds is 9. The van der Waals surface area contributed by atoms with Gasteiger partial charge < -0.3 is 4.74 Å². The highest BCUT2D eigenvalue weighted by Crippen LogP contribution is 2.60. The van der Waals surface area contributed by atoms with E-state index in [2.05, 4.69) is 4.74 Å². The maximum atomic E-state index is 13.7. The third-order valence-electron chi connectivity index (χ3n) is 4.64. The molecule has 0 amide bonds. The molecule has 0 aliphatic rings. The van der Waals surface area contributed by atoms with Gasteiger partial charge in [0.15, 0.2) is 0 Å². The molecule has 0 spiro atoms. The van der Waals surface area contributed by atoms with Crippen molar-refractivity contribution in [1.29, 1.82) is 0 Å². The number of hydrogen-bond acceptors (Lipinski definition) is 1. The number of ether oxygens (including phenoxy) is 1. The van der Waals surface area contributed by atoms with E-state index in [1.54, 1.807) is 30.3 Å². The van der Waals surface area contributed by atoms with E-state index in [0.29, 0.717) is 5.56 Å². The van der Waals surface area contributed by atoms with Crippen molar-refractivity contribution in [3.63, 3.8) is 0 Å². The van der Waals surface area contributed by atoms with E-state index >= 15 is 0 Å². The minimum atomic E-state index is -7.90. The molecule has 0 atom stereocenters. The molecule has 0 aliphatic heterocycles. The maximum Gasteiger partial charge on any atom is 0.460 e. The maximum absolute atomic E-state index is 13.7. The smallest absolute Gasteiger partial charge is 0.460 e. The van der Waals surface area contributed by atoms with Gasteiger partial charge in [-0.05, 0) is 23.3 Å². The van der Waals surface area contributed by atoms with Crippen LogP contribution in [0.1, 0.15) is 6.42 Å². The number of halogens is 13. The van der Waals surface area contributed by atoms with Gasteiger partial charge in [0.05, 0.1) is 13.0 Å². The number of hydrogen-bond donors (Lipinski definition) is 0. The normalized spacial score (nSPS) is 14.3. The van der Waals surface area contributed by atoms with Crippen molar-refractivity contribution in [3.05, 3.63) is 54.6 Å². The summed E-state index contributed by atoms with van der Waals surface area (Å²) in [4.78, 5) is 0. The first-order valence-corrected chi connectivity index (χ1v) is 9.04. The summed E-state index contributed by atoms with van der Waals surface area (Å²) in [6.45, 7) is -1.50. The molecule has 0 radical (unpaired) electrons. The van der Waals surface area contributed by atoms with Gasteiger partial charge in [0.1, 0.15) is 5.75 Å². The molecular weight excluding hydrogens is 503 g/mol. The Morgan fingerprint density at radius 2 is 0.941 bits per heavy atom. The average Bonchev–Trinajstić information content (AvgIpc) is 2.73. The Bertz CT molecular complexity index is 951. The molecule has 0 N–H and O–H groups in total. The lowest BCUT2D eigenvalue weighted by Gasteiger charge is -2.39. The Morgan fingerprint density at radius 1 is 0.500 bits per heavy atom. The van der Waals surface area contributed by atoms with Crippen LogP contribution in [0.4, 0.5) is 57.1 Å². The predicted octanol–water partition coefficient (Wildman–Crippen LogP) is 7.86. The van der Waals surface area contributed by atoms with Crippen molar-refractivity contribution in [2.24, 2.45) is 0 Å². The number of benzene rings is 2. The zero-order valence-electron chi connectivity index (χ0n) is 16.4. The molecule has 34 heavy (non-hydrogen) atoms. The standard InChI is InChI=1S/C20H13F13O/c21-15(22,16(23,24)17(25,26)18(27,28)19(29,30)20(31,32)33)10-11-34-14-8-6-13(7-9-14)12-4-2-1-3-5-12/h1-9H,10-11H2. The summed E-state index contributed by atoms with van der Waals surface area (Å²) in [7, 11) is 0. The van der Waals surface area contributed by atoms with Crippen LogP contribution in [0, 0.1) is 0 Å². The summed E-state index contributed by atoms with van der Waals surface area (Å²) in [6.07, 6.45) is -9.84. The van der Waals surface area contributed by atoms with E-state index in [4.69, 9.17) is 0 Å². The van der Waals surface area contributed by atoms with Crippen LogP contribution >= 0.6 is 0 Å². The lowest BCUT2D eigenvalue weighted by molar-refractivity contribution is -0.440. The second-order valence-electron chi connectivity index (χ2n) is 6.99. The summed E-state index contributed by atoms with van der Waals surface area (Å²) in [5.41, 5.74) is 1.33. The summed E-state index contributed by atoms with van der Waals surface area (Å²) in [5, 5.41) is 0. The molecule has 0 saturated carbocycles. The Hall–Kier alpha value is -2.67. The molecule has 0 saturated heterocycles. The van der Waals surface area contributed by atoms with Gasteiger partial charge in [-0.2, -0.15) is 57.1 Å². The van der Waals surface area contributed by atoms with Crippen LogP contribution in [0.5, 0.6) is 5.75 Å². The fourth-order valence-corrected chi connectivity index (χ4v) is 2.63. The number of alkyl halides is 13. The van der Waals surface area contributed by atoms with E-state index in [1.807, 2.05) is 0 Å². The second kappa shape index (κ2) is 8.84. The zero-order chi connectivity index (χ0) is 26.2. The highest BCUT2D eigenvalue weighted by molar-refractivity contribution is 5.63. The molecule has 1 nitrogen and oxygen atoms in total. The highest BCUT2D eigenvalue weighted by Gasteiger charge is 2.90. The first-order valence-electron chi connectivity index (χ1n) is 9.04. The summed E-state index contributed by atoms with van der Waals surface area (Å²) < 4.78 is 174. The van der Waals surface area contributed by atoms with Crippen LogP contribution in [0.2, 0.25) is 0 Å². The first kappa shape index (κ1) is 27.6. The molecule has 2 rings (SSSR count). The molecule has 14 heteroatoms. The van der Waals surface area contributed by atoms with Gasteiger partial charge in [0.2, 0.25) is 0 Å². The summed E-state index contributed by atoms with van der Waals surface area (Å²) in [6, 6.07) is 13.7. The van der Waals surface area contributed by atoms with Crippen molar-refractivity contribution < 1.29 is 61.8 Å². The molecule has 0 bridgehead atoms. The van der Waals surface area contributed by atoms with E-state index in [0.717, 1.165) is 5.56 Å². The topological polar surface area (TPSA) is 9.23 Å². The van der Waals surface area contributed by atoms with Crippen LogP contribution < -0.4 is 4.74 Å². The van der Waals surface area contributed by atoms with Crippen LogP contribution in [0.3, 0.4) is 0 Å². The largest absolute Gasteiger partial charge is 0.493 e. The predicted molar refractivity (Wildman–Crippen MR) is 92.8 cm³/mol. The van der Waals surface area contributed by atoms with E-state index in [-0.39, 0.29) is 5.75 Å². The Morgan fingerprint density at radius 3 is 1.41 bits per heavy atom. The molecule has 190 valence electrons. The Balaban J connectivity index is 2.15. The van der Waals surface area contributed by atoms with Crippen molar-refractivity contribution in [3.8, 4) is 16.9 Å².